The molecule has 0 fully saturated rings. The number of carbonyl (C=O) groups excluding carboxylic acids is 1. The number of hydrogen-bond donors (Lipinski definition) is 5. The summed E-state index contributed by atoms with van der Waals surface area (Å²) in [5.41, 5.74) is 5.36. The van der Waals surface area contributed by atoms with Crippen molar-refractivity contribution in [1.82, 2.24) is 5.32 Å². The van der Waals surface area contributed by atoms with E-state index in [4.69, 9.17) is 14.8 Å². The van der Waals surface area contributed by atoms with Crippen molar-refractivity contribution in [3.05, 3.63) is 36.5 Å². The Morgan fingerprint density at radius 2 is 1.08 bits per heavy atom. The topological polar surface area (TPSA) is 151 Å². The smallest absolute Gasteiger partial charge is 0.393 e. The van der Waals surface area contributed by atoms with Crippen LogP contribution < -0.4 is 11.1 Å². The van der Waals surface area contributed by atoms with Crippen molar-refractivity contribution >= 4 is 13.7 Å². The molecule has 10 heteroatoms. The van der Waals surface area contributed by atoms with E-state index >= 15 is 0 Å². The van der Waals surface area contributed by atoms with Crippen molar-refractivity contribution in [2.75, 3.05) is 19.8 Å². The van der Waals surface area contributed by atoms with Crippen LogP contribution in [0, 0.1) is 0 Å². The van der Waals surface area contributed by atoms with E-state index in [1.54, 1.807) is 6.08 Å². The number of allylic oxidation sites excluding steroid dienone is 5. The number of phosphoric ester groups is 1. The summed E-state index contributed by atoms with van der Waals surface area (Å²) in [6.45, 7) is 3.94. The number of amides is 1. The maximum atomic E-state index is 12.8. The summed E-state index contributed by atoms with van der Waals surface area (Å²) in [6.07, 6.45) is 42.3. The number of phosphoric acid groups is 1. The van der Waals surface area contributed by atoms with Gasteiger partial charge < -0.3 is 26.2 Å². The standard InChI is InChI=1S/C43H83N2O7P/c1-3-5-7-9-11-13-15-17-19-21-22-24-26-28-30-32-34-40(46)38-43(48)45-41(39-52-53(49,50)51-37-36-44)42(47)35-33-31-29-27-25-23-20-18-16-14-12-10-8-6-4-2/h22,24-25,27,33,35,40-42,46-47H,3-21,23,26,28-32,34,36-39,44H2,1-2H3,(H,45,48)(H,49,50)/b24-22-,27-25+,35-33+. The molecular weight excluding hydrogens is 687 g/mol. The minimum atomic E-state index is -4.41. The van der Waals surface area contributed by atoms with Crippen LogP contribution in [0.3, 0.4) is 0 Å². The second kappa shape index (κ2) is 38.9. The molecule has 0 saturated carbocycles. The quantitative estimate of drug-likeness (QED) is 0.0235. The predicted octanol–water partition coefficient (Wildman–Crippen LogP) is 10.9. The number of aliphatic hydroxyl groups is 2. The third kappa shape index (κ3) is 37.4. The second-order valence-electron chi connectivity index (χ2n) is 14.7. The van der Waals surface area contributed by atoms with Gasteiger partial charge in [0.2, 0.25) is 5.91 Å². The third-order valence-electron chi connectivity index (χ3n) is 9.49. The van der Waals surface area contributed by atoms with Gasteiger partial charge in [0.05, 0.1) is 37.9 Å². The molecule has 4 unspecified atom stereocenters. The molecule has 0 aromatic heterocycles. The molecule has 0 radical (unpaired) electrons. The first-order chi connectivity index (χ1) is 25.8. The van der Waals surface area contributed by atoms with E-state index in [0.29, 0.717) is 12.8 Å². The van der Waals surface area contributed by atoms with Crippen molar-refractivity contribution in [2.45, 2.75) is 212 Å². The van der Waals surface area contributed by atoms with Crippen molar-refractivity contribution in [3.8, 4) is 0 Å². The van der Waals surface area contributed by atoms with Crippen molar-refractivity contribution in [3.63, 3.8) is 0 Å². The largest absolute Gasteiger partial charge is 0.472 e. The van der Waals surface area contributed by atoms with Crippen LogP contribution in [-0.4, -0.2) is 59.0 Å². The average Bonchev–Trinajstić information content (AvgIpc) is 3.13. The minimum Gasteiger partial charge on any atom is -0.393 e. The molecule has 0 aliphatic heterocycles. The van der Waals surface area contributed by atoms with Gasteiger partial charge in [0, 0.05) is 6.54 Å². The van der Waals surface area contributed by atoms with E-state index in [1.807, 2.05) is 6.08 Å². The number of carbonyl (C=O) groups is 1. The van der Waals surface area contributed by atoms with E-state index in [1.165, 1.54) is 116 Å². The Hall–Kier alpha value is -1.32. The summed E-state index contributed by atoms with van der Waals surface area (Å²) < 4.78 is 22.0. The fourth-order valence-electron chi connectivity index (χ4n) is 6.19. The van der Waals surface area contributed by atoms with Crippen LogP contribution in [0.5, 0.6) is 0 Å². The van der Waals surface area contributed by atoms with Crippen molar-refractivity contribution in [2.24, 2.45) is 5.73 Å². The highest BCUT2D eigenvalue weighted by atomic mass is 31.2. The molecule has 6 N–H and O–H groups in total. The van der Waals surface area contributed by atoms with E-state index in [-0.39, 0.29) is 19.6 Å². The lowest BCUT2D eigenvalue weighted by Crippen LogP contribution is -2.46. The first-order valence-corrected chi connectivity index (χ1v) is 23.2. The Morgan fingerprint density at radius 3 is 1.57 bits per heavy atom. The van der Waals surface area contributed by atoms with Crippen LogP contribution in [0.25, 0.3) is 0 Å². The van der Waals surface area contributed by atoms with E-state index < -0.39 is 38.6 Å². The molecule has 0 bridgehead atoms. The van der Waals surface area contributed by atoms with Gasteiger partial charge in [-0.1, -0.05) is 166 Å². The first-order valence-electron chi connectivity index (χ1n) is 21.7. The lowest BCUT2D eigenvalue weighted by atomic mass is 10.0. The molecule has 0 rings (SSSR count). The van der Waals surface area contributed by atoms with E-state index in [9.17, 15) is 24.5 Å². The summed E-state index contributed by atoms with van der Waals surface area (Å²) in [4.78, 5) is 22.7. The zero-order valence-electron chi connectivity index (χ0n) is 34.1. The van der Waals surface area contributed by atoms with Crippen LogP contribution in [0.1, 0.15) is 194 Å². The van der Waals surface area contributed by atoms with Gasteiger partial charge in [-0.3, -0.25) is 13.8 Å². The van der Waals surface area contributed by atoms with Crippen LogP contribution in [0.2, 0.25) is 0 Å². The van der Waals surface area contributed by atoms with E-state index in [2.05, 4.69) is 43.5 Å². The van der Waals surface area contributed by atoms with Gasteiger partial charge in [0.1, 0.15) is 0 Å². The lowest BCUT2D eigenvalue weighted by Gasteiger charge is -2.24. The fourth-order valence-corrected chi connectivity index (χ4v) is 6.95. The van der Waals surface area contributed by atoms with Crippen molar-refractivity contribution in [1.29, 1.82) is 0 Å². The van der Waals surface area contributed by atoms with Gasteiger partial charge in [0.15, 0.2) is 0 Å². The molecule has 1 amide bonds. The van der Waals surface area contributed by atoms with Gasteiger partial charge in [-0.15, -0.1) is 0 Å². The summed E-state index contributed by atoms with van der Waals surface area (Å²) in [7, 11) is -4.41. The number of nitrogens with one attached hydrogen (secondary N) is 1. The zero-order chi connectivity index (χ0) is 39.1. The zero-order valence-corrected chi connectivity index (χ0v) is 35.0. The Morgan fingerprint density at radius 1 is 0.642 bits per heavy atom. The predicted molar refractivity (Wildman–Crippen MR) is 223 cm³/mol. The number of rotatable bonds is 40. The normalized spacial score (nSPS) is 15.1. The highest BCUT2D eigenvalue weighted by Gasteiger charge is 2.27. The van der Waals surface area contributed by atoms with Gasteiger partial charge in [-0.05, 0) is 57.8 Å². The summed E-state index contributed by atoms with van der Waals surface area (Å²) in [5, 5.41) is 24.0. The maximum absolute atomic E-state index is 12.8. The average molecular weight is 771 g/mol. The molecule has 53 heavy (non-hydrogen) atoms. The molecule has 0 aromatic rings. The summed E-state index contributed by atoms with van der Waals surface area (Å²) in [6, 6.07) is -1.00. The molecule has 9 nitrogen and oxygen atoms in total. The monoisotopic (exact) mass is 771 g/mol. The number of nitrogens with two attached hydrogens (primary N) is 1. The Labute approximate surface area is 325 Å². The van der Waals surface area contributed by atoms with Gasteiger partial charge in [-0.2, -0.15) is 0 Å². The second-order valence-corrected chi connectivity index (χ2v) is 16.2. The van der Waals surface area contributed by atoms with Crippen molar-refractivity contribution < 1.29 is 33.5 Å². The molecule has 0 saturated heterocycles. The number of unbranched alkanes of at least 4 members (excludes halogenated alkanes) is 22. The van der Waals surface area contributed by atoms with Crippen LogP contribution in [0.15, 0.2) is 36.5 Å². The van der Waals surface area contributed by atoms with Crippen LogP contribution in [0.4, 0.5) is 0 Å². The molecule has 0 aromatic carbocycles. The SMILES string of the molecule is CCCCCCCCCCC/C=C\CCCCCC(O)CC(=O)NC(COP(=O)(O)OCCN)C(O)/C=C/CC/C=C/CCCCCCCCCCC. The molecule has 0 aliphatic rings. The molecule has 4 atom stereocenters. The summed E-state index contributed by atoms with van der Waals surface area (Å²) >= 11 is 0. The molecule has 0 aliphatic carbocycles. The molecule has 0 heterocycles. The third-order valence-corrected chi connectivity index (χ3v) is 10.5. The van der Waals surface area contributed by atoms with Gasteiger partial charge >= 0.3 is 7.82 Å². The summed E-state index contributed by atoms with van der Waals surface area (Å²) in [5.74, 6) is -0.465. The Bertz CT molecular complexity index is 946. The maximum Gasteiger partial charge on any atom is 0.472 e. The van der Waals surface area contributed by atoms with Gasteiger partial charge in [-0.25, -0.2) is 4.57 Å². The Balaban J connectivity index is 4.40. The highest BCUT2D eigenvalue weighted by molar-refractivity contribution is 7.47. The van der Waals surface area contributed by atoms with Crippen LogP contribution >= 0.6 is 7.82 Å². The van der Waals surface area contributed by atoms with Gasteiger partial charge in [0.25, 0.3) is 0 Å². The molecule has 312 valence electrons. The van der Waals surface area contributed by atoms with E-state index in [0.717, 1.165) is 44.9 Å². The number of aliphatic hydroxyl groups excluding tert-OH is 2. The first kappa shape index (κ1) is 51.7. The molecule has 0 spiro atoms. The Kier molecular flexibility index (Phi) is 38.0. The number of hydrogen-bond acceptors (Lipinski definition) is 7. The highest BCUT2D eigenvalue weighted by Crippen LogP contribution is 2.43. The van der Waals surface area contributed by atoms with Crippen LogP contribution in [-0.2, 0) is 18.4 Å². The fraction of sp³-hybridized carbons (Fsp3) is 0.837. The minimum absolute atomic E-state index is 0.0427. The molecular formula is C43H83N2O7P. The lowest BCUT2D eigenvalue weighted by molar-refractivity contribution is -0.124.